The fourth-order valence-corrected chi connectivity index (χ4v) is 3.13. The molecule has 3 rings (SSSR count). The number of ether oxygens (including phenoxy) is 1. The lowest BCUT2D eigenvalue weighted by molar-refractivity contribution is 0.219. The normalized spacial score (nSPS) is 17.7. The maximum atomic E-state index is 6.05. The van der Waals surface area contributed by atoms with Crippen molar-refractivity contribution in [1.29, 1.82) is 0 Å². The molecule has 0 spiro atoms. The van der Waals surface area contributed by atoms with Crippen LogP contribution in [-0.4, -0.2) is 21.8 Å². The number of anilines is 1. The fraction of sp³-hybridized carbons (Fsp3) is 0.500. The van der Waals surface area contributed by atoms with Crippen LogP contribution in [0.4, 0.5) is 5.82 Å². The molecule has 1 aliphatic heterocycles. The van der Waals surface area contributed by atoms with Gasteiger partial charge in [-0.1, -0.05) is 37.3 Å². The van der Waals surface area contributed by atoms with Crippen molar-refractivity contribution in [3.05, 3.63) is 35.9 Å². The number of benzene rings is 1. The Labute approximate surface area is 130 Å². The van der Waals surface area contributed by atoms with E-state index in [1.807, 2.05) is 18.2 Å². The second-order valence-electron chi connectivity index (χ2n) is 5.73. The van der Waals surface area contributed by atoms with Gasteiger partial charge in [0.05, 0.1) is 11.7 Å². The molecular formula is C16H21N3OS. The van der Waals surface area contributed by atoms with Crippen molar-refractivity contribution < 1.29 is 4.74 Å². The Morgan fingerprint density at radius 3 is 2.62 bits per heavy atom. The van der Waals surface area contributed by atoms with Crippen molar-refractivity contribution >= 4 is 17.5 Å². The van der Waals surface area contributed by atoms with Gasteiger partial charge in [-0.2, -0.15) is 4.37 Å². The number of nitrogens with zero attached hydrogens (tertiary/aromatic N) is 3. The van der Waals surface area contributed by atoms with Crippen LogP contribution in [0.5, 0.6) is 5.88 Å². The summed E-state index contributed by atoms with van der Waals surface area (Å²) >= 11 is 1.23. The maximum Gasteiger partial charge on any atom is 0.271 e. The molecule has 0 bridgehead atoms. The van der Waals surface area contributed by atoms with Gasteiger partial charge in [0.2, 0.25) is 5.82 Å². The van der Waals surface area contributed by atoms with E-state index in [2.05, 4.69) is 39.6 Å². The molecule has 0 aliphatic carbocycles. The number of aromatic nitrogens is 2. The van der Waals surface area contributed by atoms with E-state index in [1.165, 1.54) is 24.6 Å². The van der Waals surface area contributed by atoms with Crippen LogP contribution in [0, 0.1) is 5.92 Å². The third kappa shape index (κ3) is 3.35. The topological polar surface area (TPSA) is 38.2 Å². The van der Waals surface area contributed by atoms with Crippen LogP contribution in [0.15, 0.2) is 30.3 Å². The second-order valence-corrected chi connectivity index (χ2v) is 6.26. The Bertz CT molecular complexity index is 564. The Kier molecular flexibility index (Phi) is 4.39. The van der Waals surface area contributed by atoms with E-state index in [-0.39, 0.29) is 6.10 Å². The summed E-state index contributed by atoms with van der Waals surface area (Å²) < 4.78 is 14.8. The van der Waals surface area contributed by atoms with E-state index >= 15 is 0 Å². The highest BCUT2D eigenvalue weighted by Gasteiger charge is 2.23. The van der Waals surface area contributed by atoms with Crippen LogP contribution in [-0.2, 0) is 0 Å². The van der Waals surface area contributed by atoms with Gasteiger partial charge in [0.1, 0.15) is 6.10 Å². The molecule has 4 nitrogen and oxygen atoms in total. The fourth-order valence-electron chi connectivity index (χ4n) is 2.62. The number of hydrogen-bond acceptors (Lipinski definition) is 5. The molecule has 1 aromatic carbocycles. The molecule has 1 unspecified atom stereocenters. The summed E-state index contributed by atoms with van der Waals surface area (Å²) in [6, 6.07) is 10.2. The van der Waals surface area contributed by atoms with Gasteiger partial charge in [0.25, 0.3) is 5.88 Å². The summed E-state index contributed by atoms with van der Waals surface area (Å²) in [7, 11) is 0. The van der Waals surface area contributed by atoms with Crippen molar-refractivity contribution in [2.24, 2.45) is 5.92 Å². The first-order valence-electron chi connectivity index (χ1n) is 7.53. The molecule has 2 aromatic rings. The van der Waals surface area contributed by atoms with Crippen LogP contribution in [0.3, 0.4) is 0 Å². The maximum absolute atomic E-state index is 6.05. The highest BCUT2D eigenvalue weighted by molar-refractivity contribution is 6.99. The van der Waals surface area contributed by atoms with Crippen molar-refractivity contribution in [1.82, 2.24) is 8.75 Å². The third-order valence-electron chi connectivity index (χ3n) is 4.08. The molecule has 5 heteroatoms. The zero-order valence-corrected chi connectivity index (χ0v) is 13.3. The highest BCUT2D eigenvalue weighted by atomic mass is 32.1. The van der Waals surface area contributed by atoms with Crippen LogP contribution in [0.2, 0.25) is 0 Å². The molecule has 0 saturated carbocycles. The number of rotatable bonds is 4. The van der Waals surface area contributed by atoms with Crippen LogP contribution < -0.4 is 9.64 Å². The first-order chi connectivity index (χ1) is 10.2. The Morgan fingerprint density at radius 1 is 1.19 bits per heavy atom. The molecule has 0 amide bonds. The molecule has 2 heterocycles. The van der Waals surface area contributed by atoms with Crippen molar-refractivity contribution in [2.45, 2.75) is 32.8 Å². The van der Waals surface area contributed by atoms with Crippen LogP contribution in [0.1, 0.15) is 38.4 Å². The Morgan fingerprint density at radius 2 is 1.90 bits per heavy atom. The molecule has 0 N–H and O–H groups in total. The van der Waals surface area contributed by atoms with Crippen molar-refractivity contribution in [3.63, 3.8) is 0 Å². The molecule has 1 saturated heterocycles. The summed E-state index contributed by atoms with van der Waals surface area (Å²) in [4.78, 5) is 2.30. The Hall–Kier alpha value is -1.62. The van der Waals surface area contributed by atoms with E-state index in [4.69, 9.17) is 4.74 Å². The number of piperidine rings is 1. The lowest BCUT2D eigenvalue weighted by Gasteiger charge is -2.30. The summed E-state index contributed by atoms with van der Waals surface area (Å²) in [5, 5.41) is 0. The van der Waals surface area contributed by atoms with E-state index in [1.54, 1.807) is 0 Å². The first-order valence-corrected chi connectivity index (χ1v) is 8.26. The van der Waals surface area contributed by atoms with Gasteiger partial charge in [0, 0.05) is 13.1 Å². The predicted molar refractivity (Wildman–Crippen MR) is 86.0 cm³/mol. The molecular weight excluding hydrogens is 282 g/mol. The van der Waals surface area contributed by atoms with Gasteiger partial charge in [-0.25, -0.2) is 0 Å². The third-order valence-corrected chi connectivity index (χ3v) is 4.58. The predicted octanol–water partition coefficient (Wildman–Crippen LogP) is 3.91. The average Bonchev–Trinajstić information content (AvgIpc) is 2.97. The van der Waals surface area contributed by atoms with E-state index in [0.717, 1.165) is 30.4 Å². The Balaban J connectivity index is 1.71. The molecule has 112 valence electrons. The molecule has 1 aliphatic rings. The largest absolute Gasteiger partial charge is 0.467 e. The van der Waals surface area contributed by atoms with Gasteiger partial charge >= 0.3 is 0 Å². The quantitative estimate of drug-likeness (QED) is 0.858. The van der Waals surface area contributed by atoms with E-state index < -0.39 is 0 Å². The first kappa shape index (κ1) is 14.3. The lowest BCUT2D eigenvalue weighted by atomic mass is 9.99. The zero-order chi connectivity index (χ0) is 14.7. The summed E-state index contributed by atoms with van der Waals surface area (Å²) in [5.74, 6) is 2.39. The minimum absolute atomic E-state index is 0.0161. The molecule has 1 fully saturated rings. The van der Waals surface area contributed by atoms with E-state index in [0.29, 0.717) is 5.88 Å². The summed E-state index contributed by atoms with van der Waals surface area (Å²) in [5.41, 5.74) is 1.16. The molecule has 0 radical (unpaired) electrons. The van der Waals surface area contributed by atoms with Gasteiger partial charge in [-0.15, -0.1) is 4.37 Å². The minimum atomic E-state index is -0.0161. The molecule has 1 aromatic heterocycles. The molecule has 21 heavy (non-hydrogen) atoms. The van der Waals surface area contributed by atoms with Crippen molar-refractivity contribution in [2.75, 3.05) is 18.0 Å². The second kappa shape index (κ2) is 6.43. The zero-order valence-electron chi connectivity index (χ0n) is 12.5. The average molecular weight is 303 g/mol. The SMILES string of the molecule is CC1CCN(c2nsnc2OC(C)c2ccccc2)CC1. The van der Waals surface area contributed by atoms with Gasteiger partial charge in [-0.05, 0) is 31.2 Å². The monoisotopic (exact) mass is 303 g/mol. The van der Waals surface area contributed by atoms with Crippen LogP contribution >= 0.6 is 11.7 Å². The van der Waals surface area contributed by atoms with E-state index in [9.17, 15) is 0 Å². The minimum Gasteiger partial charge on any atom is -0.467 e. The summed E-state index contributed by atoms with van der Waals surface area (Å²) in [6.45, 7) is 6.45. The summed E-state index contributed by atoms with van der Waals surface area (Å²) in [6.07, 6.45) is 2.41. The van der Waals surface area contributed by atoms with Crippen LogP contribution in [0.25, 0.3) is 0 Å². The highest BCUT2D eigenvalue weighted by Crippen LogP contribution is 2.32. The molecule has 1 atom stereocenters. The van der Waals surface area contributed by atoms with Crippen molar-refractivity contribution in [3.8, 4) is 5.88 Å². The lowest BCUT2D eigenvalue weighted by Crippen LogP contribution is -2.33. The van der Waals surface area contributed by atoms with Gasteiger partial charge in [-0.3, -0.25) is 0 Å². The standard InChI is InChI=1S/C16H21N3OS/c1-12-8-10-19(11-9-12)15-16(18-21-17-15)20-13(2)14-6-4-3-5-7-14/h3-7,12-13H,8-11H2,1-2H3. The van der Waals surface area contributed by atoms with Gasteiger partial charge < -0.3 is 9.64 Å². The number of hydrogen-bond donors (Lipinski definition) is 0. The van der Waals surface area contributed by atoms with Gasteiger partial charge in [0.15, 0.2) is 0 Å². The smallest absolute Gasteiger partial charge is 0.271 e.